The van der Waals surface area contributed by atoms with Gasteiger partial charge in [0.05, 0.1) is 20.9 Å². The van der Waals surface area contributed by atoms with Crippen LogP contribution in [-0.4, -0.2) is 42.9 Å². The van der Waals surface area contributed by atoms with Gasteiger partial charge in [-0.05, 0) is 106 Å². The molecule has 5 aromatic rings. The molecule has 0 fully saturated rings. The summed E-state index contributed by atoms with van der Waals surface area (Å²) >= 11 is 7.41. The highest BCUT2D eigenvalue weighted by molar-refractivity contribution is 7.91. The highest BCUT2D eigenvalue weighted by Crippen LogP contribution is 2.24. The van der Waals surface area contributed by atoms with E-state index in [2.05, 4.69) is 10.3 Å². The Labute approximate surface area is 288 Å². The van der Waals surface area contributed by atoms with Crippen LogP contribution in [0.5, 0.6) is 11.5 Å². The molecule has 0 saturated carbocycles. The Balaban J connectivity index is 1.20. The molecule has 4 aromatic carbocycles. The van der Waals surface area contributed by atoms with Crippen LogP contribution in [0, 0.1) is 0 Å². The lowest BCUT2D eigenvalue weighted by Gasteiger charge is -2.25. The summed E-state index contributed by atoms with van der Waals surface area (Å²) in [5.74, 6) is -0.566. The number of aromatic nitrogens is 1. The molecule has 250 valence electrons. The third-order valence-electron chi connectivity index (χ3n) is 6.91. The first-order valence-corrected chi connectivity index (χ1v) is 18.0. The van der Waals surface area contributed by atoms with E-state index in [-0.39, 0.29) is 22.8 Å². The first-order chi connectivity index (χ1) is 22.8. The zero-order valence-corrected chi connectivity index (χ0v) is 29.0. The summed E-state index contributed by atoms with van der Waals surface area (Å²) in [6.45, 7) is 5.40. The molecule has 0 aliphatic heterocycles. The van der Waals surface area contributed by atoms with Gasteiger partial charge in [-0.15, -0.1) is 11.3 Å². The molecule has 9 nitrogen and oxygen atoms in total. The Morgan fingerprint density at radius 3 is 2.35 bits per heavy atom. The number of nitrogens with zero attached hydrogens (tertiary/aromatic N) is 1. The summed E-state index contributed by atoms with van der Waals surface area (Å²) < 4.78 is 43.7. The van der Waals surface area contributed by atoms with Crippen LogP contribution in [0.15, 0.2) is 102 Å². The van der Waals surface area contributed by atoms with E-state index in [9.17, 15) is 18.0 Å². The Morgan fingerprint density at radius 2 is 1.65 bits per heavy atom. The van der Waals surface area contributed by atoms with Crippen LogP contribution in [0.2, 0.25) is 5.02 Å². The van der Waals surface area contributed by atoms with Crippen molar-refractivity contribution >= 4 is 54.9 Å². The Hall–Kier alpha value is -4.45. The minimum Gasteiger partial charge on any atom is -0.486 e. The van der Waals surface area contributed by atoms with Crippen molar-refractivity contribution in [1.82, 2.24) is 10.3 Å². The third kappa shape index (κ3) is 9.79. The topological polar surface area (TPSA) is 121 Å². The highest BCUT2D eigenvalue weighted by Gasteiger charge is 2.29. The first kappa shape index (κ1) is 34.9. The first-order valence-electron chi connectivity index (χ1n) is 15.2. The summed E-state index contributed by atoms with van der Waals surface area (Å²) in [7, 11) is -3.44. The third-order valence-corrected chi connectivity index (χ3v) is 9.99. The van der Waals surface area contributed by atoms with Gasteiger partial charge in [0.1, 0.15) is 28.7 Å². The zero-order chi connectivity index (χ0) is 34.3. The van der Waals surface area contributed by atoms with Crippen LogP contribution < -0.4 is 14.8 Å². The molecule has 5 rings (SSSR count). The molecule has 0 saturated heterocycles. The molecule has 0 aliphatic carbocycles. The lowest BCUT2D eigenvalue weighted by atomic mass is 10.1. The number of para-hydroxylation sites is 1. The van der Waals surface area contributed by atoms with Gasteiger partial charge in [0.2, 0.25) is 0 Å². The molecule has 0 spiro atoms. The van der Waals surface area contributed by atoms with Crippen LogP contribution in [0.4, 0.5) is 0 Å². The van der Waals surface area contributed by atoms with Gasteiger partial charge in [-0.25, -0.2) is 18.2 Å². The fraction of sp³-hybridized carbons (Fsp3) is 0.250. The van der Waals surface area contributed by atoms with E-state index in [4.69, 9.17) is 25.8 Å². The molecule has 1 amide bonds. The molecule has 1 N–H and O–H groups in total. The van der Waals surface area contributed by atoms with Gasteiger partial charge in [-0.2, -0.15) is 0 Å². The maximum absolute atomic E-state index is 13.3. The molecule has 1 aromatic heterocycles. The number of thiazole rings is 1. The molecule has 0 bridgehead atoms. The average Bonchev–Trinajstić information content (AvgIpc) is 3.47. The van der Waals surface area contributed by atoms with Crippen molar-refractivity contribution in [2.45, 2.75) is 56.9 Å². The van der Waals surface area contributed by atoms with E-state index < -0.39 is 33.5 Å². The van der Waals surface area contributed by atoms with Crippen molar-refractivity contribution in [3.05, 3.63) is 118 Å². The fourth-order valence-corrected chi connectivity index (χ4v) is 6.96. The summed E-state index contributed by atoms with van der Waals surface area (Å²) in [4.78, 5) is 31.2. The number of hydrogen-bond acceptors (Lipinski definition) is 9. The second-order valence-electron chi connectivity index (χ2n) is 11.9. The number of fused-ring (bicyclic) bond motifs is 1. The number of ether oxygens (including phenoxy) is 3. The molecular formula is C36H35ClN2O7S2. The lowest BCUT2D eigenvalue weighted by molar-refractivity contribution is -0.164. The summed E-state index contributed by atoms with van der Waals surface area (Å²) in [6, 6.07) is 27.4. The number of sulfone groups is 1. The number of halogens is 1. The highest BCUT2D eigenvalue weighted by atomic mass is 35.5. The predicted molar refractivity (Wildman–Crippen MR) is 186 cm³/mol. The molecule has 1 atom stereocenters. The number of benzene rings is 4. The Bertz CT molecular complexity index is 1950. The monoisotopic (exact) mass is 706 g/mol. The SMILES string of the molecule is CC(C)(C)OC(=O)C(NC(=O)c1cccc(OCc2nc3ccccc3s2)c1)Oc1ccc(CCCS(=O)(=O)c2ccc(Cl)cc2)cc1. The number of nitrogens with one attached hydrogen (secondary N) is 1. The molecule has 1 heterocycles. The lowest BCUT2D eigenvalue weighted by Crippen LogP contribution is -2.47. The molecule has 48 heavy (non-hydrogen) atoms. The summed E-state index contributed by atoms with van der Waals surface area (Å²) in [5.41, 5.74) is 1.22. The second-order valence-corrected chi connectivity index (χ2v) is 15.6. The normalized spacial score (nSPS) is 12.3. The van der Waals surface area contributed by atoms with Gasteiger partial charge in [0, 0.05) is 10.6 Å². The van der Waals surface area contributed by atoms with Crippen LogP contribution in [0.25, 0.3) is 10.2 Å². The van der Waals surface area contributed by atoms with E-state index in [0.717, 1.165) is 20.8 Å². The number of carbonyl (C=O) groups excluding carboxylic acids is 2. The minimum absolute atomic E-state index is 0.0200. The van der Waals surface area contributed by atoms with Crippen LogP contribution in [-0.2, 0) is 32.4 Å². The smallest absolute Gasteiger partial charge is 0.369 e. The van der Waals surface area contributed by atoms with E-state index in [1.807, 2.05) is 24.3 Å². The largest absolute Gasteiger partial charge is 0.486 e. The van der Waals surface area contributed by atoms with Crippen molar-refractivity contribution in [3.63, 3.8) is 0 Å². The van der Waals surface area contributed by atoms with E-state index in [1.54, 1.807) is 81.4 Å². The molecular weight excluding hydrogens is 672 g/mol. The summed E-state index contributed by atoms with van der Waals surface area (Å²) in [5, 5.41) is 3.91. The van der Waals surface area contributed by atoms with Gasteiger partial charge >= 0.3 is 5.97 Å². The van der Waals surface area contributed by atoms with Gasteiger partial charge in [-0.3, -0.25) is 4.79 Å². The second kappa shape index (κ2) is 15.2. The summed E-state index contributed by atoms with van der Waals surface area (Å²) in [6.07, 6.45) is -0.526. The molecule has 12 heteroatoms. The standard InChI is InChI=1S/C36H35ClN2O7S2/c1-36(2,3)46-35(41)34(45-27-17-13-24(14-18-27)8-7-21-48(42,43)29-19-15-26(37)16-20-29)39-33(40)25-9-6-10-28(22-25)44-23-32-38-30-11-4-5-12-31(30)47-32/h4-6,9-20,22,34H,7-8,21,23H2,1-3H3,(H,39,40). The number of aryl methyl sites for hydroxylation is 1. The van der Waals surface area contributed by atoms with Gasteiger partial charge in [0.25, 0.3) is 12.1 Å². The van der Waals surface area contributed by atoms with Gasteiger partial charge < -0.3 is 19.5 Å². The minimum atomic E-state index is -3.44. The van der Waals surface area contributed by atoms with Crippen molar-refractivity contribution in [2.75, 3.05) is 5.75 Å². The molecule has 0 radical (unpaired) electrons. The van der Waals surface area contributed by atoms with E-state index >= 15 is 0 Å². The zero-order valence-electron chi connectivity index (χ0n) is 26.6. The maximum Gasteiger partial charge on any atom is 0.369 e. The van der Waals surface area contributed by atoms with Crippen molar-refractivity contribution < 1.29 is 32.2 Å². The number of amides is 1. The van der Waals surface area contributed by atoms with E-state index in [0.29, 0.717) is 29.4 Å². The maximum atomic E-state index is 13.3. The van der Waals surface area contributed by atoms with Crippen LogP contribution in [0.1, 0.15) is 48.1 Å². The average molecular weight is 707 g/mol. The predicted octanol–water partition coefficient (Wildman–Crippen LogP) is 7.41. The van der Waals surface area contributed by atoms with E-state index in [1.165, 1.54) is 23.5 Å². The van der Waals surface area contributed by atoms with Crippen LogP contribution in [0.3, 0.4) is 0 Å². The number of esters is 1. The Kier molecular flexibility index (Phi) is 11.0. The molecule has 0 aliphatic rings. The number of carbonyl (C=O) groups is 2. The van der Waals surface area contributed by atoms with Gasteiger partial charge in [-0.1, -0.05) is 41.9 Å². The van der Waals surface area contributed by atoms with Crippen molar-refractivity contribution in [3.8, 4) is 11.5 Å². The number of rotatable bonds is 13. The van der Waals surface area contributed by atoms with Crippen LogP contribution >= 0.6 is 22.9 Å². The van der Waals surface area contributed by atoms with Crippen molar-refractivity contribution in [1.29, 1.82) is 0 Å². The van der Waals surface area contributed by atoms with Crippen molar-refractivity contribution in [2.24, 2.45) is 0 Å². The molecule has 1 unspecified atom stereocenters. The number of hydrogen-bond donors (Lipinski definition) is 1. The van der Waals surface area contributed by atoms with Gasteiger partial charge in [0.15, 0.2) is 9.84 Å². The Morgan fingerprint density at radius 1 is 0.917 bits per heavy atom. The quantitative estimate of drug-likeness (QED) is 0.0993. The fourth-order valence-electron chi connectivity index (χ4n) is 4.64.